The molecule has 1 atom stereocenters. The van der Waals surface area contributed by atoms with Crippen molar-refractivity contribution in [1.82, 2.24) is 15.5 Å². The molecule has 0 bridgehead atoms. The first-order valence-corrected chi connectivity index (χ1v) is 7.11. The molecule has 0 spiro atoms. The smallest absolute Gasteiger partial charge is 0.233 e. The number of hydrogen-bond donors (Lipinski definition) is 1. The Balaban J connectivity index is 1.81. The summed E-state index contributed by atoms with van der Waals surface area (Å²) in [6.07, 6.45) is 1.59. The number of rotatable bonds is 5. The van der Waals surface area contributed by atoms with Crippen LogP contribution in [0.2, 0.25) is 0 Å². The summed E-state index contributed by atoms with van der Waals surface area (Å²) in [5.41, 5.74) is 0. The third-order valence-electron chi connectivity index (χ3n) is 2.17. The number of amides is 1. The Hall–Kier alpha value is -1.34. The summed E-state index contributed by atoms with van der Waals surface area (Å²) < 4.78 is 5.96. The summed E-state index contributed by atoms with van der Waals surface area (Å²) in [6, 6.07) is 3.62. The molecule has 0 aliphatic carbocycles. The summed E-state index contributed by atoms with van der Waals surface area (Å²) in [4.78, 5) is 11.8. The van der Waals surface area contributed by atoms with Gasteiger partial charge in [0.25, 0.3) is 0 Å². The Labute approximate surface area is 113 Å². The average Bonchev–Trinajstić information content (AvgIpc) is 2.97. The number of aromatic nitrogens is 2. The summed E-state index contributed by atoms with van der Waals surface area (Å²) in [5.74, 6) is 0.705. The minimum Gasteiger partial charge on any atom is -0.467 e. The third-order valence-corrected chi connectivity index (χ3v) is 4.19. The van der Waals surface area contributed by atoms with Crippen LogP contribution in [0.15, 0.2) is 27.2 Å². The number of nitrogens with one attached hydrogen (secondary N) is 1. The predicted octanol–water partition coefficient (Wildman–Crippen LogP) is 2.24. The zero-order valence-electron chi connectivity index (χ0n) is 10.0. The first kappa shape index (κ1) is 13.1. The monoisotopic (exact) mass is 283 g/mol. The molecular weight excluding hydrogens is 270 g/mol. The van der Waals surface area contributed by atoms with Gasteiger partial charge >= 0.3 is 0 Å². The van der Waals surface area contributed by atoms with Crippen LogP contribution >= 0.6 is 23.1 Å². The summed E-state index contributed by atoms with van der Waals surface area (Å²) in [5, 5.41) is 11.4. The lowest BCUT2D eigenvalue weighted by atomic mass is 10.4. The van der Waals surface area contributed by atoms with Gasteiger partial charge in [0, 0.05) is 0 Å². The number of thioether (sulfide) groups is 1. The van der Waals surface area contributed by atoms with Crippen molar-refractivity contribution in [1.29, 1.82) is 0 Å². The molecule has 0 aliphatic rings. The quantitative estimate of drug-likeness (QED) is 0.852. The average molecular weight is 283 g/mol. The molecule has 2 aromatic rings. The van der Waals surface area contributed by atoms with Crippen molar-refractivity contribution >= 4 is 29.0 Å². The maximum absolute atomic E-state index is 11.8. The van der Waals surface area contributed by atoms with E-state index in [9.17, 15) is 4.79 Å². The van der Waals surface area contributed by atoms with Crippen molar-refractivity contribution < 1.29 is 9.21 Å². The van der Waals surface area contributed by atoms with Crippen molar-refractivity contribution in [3.8, 4) is 0 Å². The topological polar surface area (TPSA) is 68.0 Å². The molecule has 5 nitrogen and oxygen atoms in total. The molecule has 1 amide bonds. The van der Waals surface area contributed by atoms with Gasteiger partial charge in [-0.25, -0.2) is 0 Å². The van der Waals surface area contributed by atoms with Crippen molar-refractivity contribution in [3.63, 3.8) is 0 Å². The molecule has 0 unspecified atom stereocenters. The van der Waals surface area contributed by atoms with Crippen molar-refractivity contribution in [2.75, 3.05) is 0 Å². The highest BCUT2D eigenvalue weighted by Crippen LogP contribution is 2.26. The Morgan fingerprint density at radius 1 is 1.61 bits per heavy atom. The van der Waals surface area contributed by atoms with E-state index in [4.69, 9.17) is 4.42 Å². The second-order valence-corrected chi connectivity index (χ2v) is 6.41. The van der Waals surface area contributed by atoms with E-state index in [1.54, 1.807) is 12.3 Å². The van der Waals surface area contributed by atoms with Gasteiger partial charge in [-0.05, 0) is 26.0 Å². The maximum atomic E-state index is 11.8. The highest BCUT2D eigenvalue weighted by atomic mass is 32.2. The van der Waals surface area contributed by atoms with Crippen LogP contribution in [0.1, 0.15) is 17.7 Å². The van der Waals surface area contributed by atoms with E-state index in [0.29, 0.717) is 6.54 Å². The summed E-state index contributed by atoms with van der Waals surface area (Å²) >= 11 is 2.90. The van der Waals surface area contributed by atoms with Crippen molar-refractivity contribution in [2.45, 2.75) is 30.0 Å². The van der Waals surface area contributed by atoms with E-state index >= 15 is 0 Å². The molecule has 18 heavy (non-hydrogen) atoms. The van der Waals surface area contributed by atoms with Crippen LogP contribution in [0.5, 0.6) is 0 Å². The van der Waals surface area contributed by atoms with Crippen LogP contribution in [-0.2, 0) is 11.3 Å². The first-order chi connectivity index (χ1) is 8.65. The van der Waals surface area contributed by atoms with Crippen LogP contribution in [0, 0.1) is 6.92 Å². The fourth-order valence-electron chi connectivity index (χ4n) is 1.26. The van der Waals surface area contributed by atoms with Gasteiger partial charge < -0.3 is 9.73 Å². The zero-order valence-corrected chi connectivity index (χ0v) is 11.7. The van der Waals surface area contributed by atoms with E-state index < -0.39 is 0 Å². The molecule has 1 N–H and O–H groups in total. The minimum atomic E-state index is -0.202. The molecule has 2 heterocycles. The largest absolute Gasteiger partial charge is 0.467 e. The van der Waals surface area contributed by atoms with Crippen LogP contribution in [-0.4, -0.2) is 21.4 Å². The first-order valence-electron chi connectivity index (χ1n) is 5.42. The van der Waals surface area contributed by atoms with Crippen LogP contribution in [0.3, 0.4) is 0 Å². The molecule has 0 fully saturated rings. The molecule has 0 aliphatic heterocycles. The van der Waals surface area contributed by atoms with E-state index in [1.807, 2.05) is 19.9 Å². The van der Waals surface area contributed by atoms with E-state index in [-0.39, 0.29) is 11.2 Å². The molecule has 0 saturated heterocycles. The SMILES string of the molecule is Cc1nnc(S[C@H](C)C(=O)NCc2ccco2)s1. The number of hydrogen-bond acceptors (Lipinski definition) is 6. The molecule has 0 radical (unpaired) electrons. The van der Waals surface area contributed by atoms with Gasteiger partial charge in [0.15, 0.2) is 4.34 Å². The lowest BCUT2D eigenvalue weighted by Crippen LogP contribution is -2.30. The summed E-state index contributed by atoms with van der Waals surface area (Å²) in [7, 11) is 0. The Kier molecular flexibility index (Phi) is 4.38. The molecular formula is C11H13N3O2S2. The fraction of sp³-hybridized carbons (Fsp3) is 0.364. The maximum Gasteiger partial charge on any atom is 0.233 e. The second-order valence-electron chi connectivity index (χ2n) is 3.64. The van der Waals surface area contributed by atoms with Gasteiger partial charge in [-0.3, -0.25) is 4.79 Å². The molecule has 2 aromatic heterocycles. The van der Waals surface area contributed by atoms with Gasteiger partial charge in [0.2, 0.25) is 5.91 Å². The van der Waals surface area contributed by atoms with Crippen molar-refractivity contribution in [2.24, 2.45) is 0 Å². The second kappa shape index (κ2) is 6.01. The predicted molar refractivity (Wildman–Crippen MR) is 70.5 cm³/mol. The zero-order chi connectivity index (χ0) is 13.0. The van der Waals surface area contributed by atoms with Crippen LogP contribution in [0.4, 0.5) is 0 Å². The highest BCUT2D eigenvalue weighted by molar-refractivity contribution is 8.02. The summed E-state index contributed by atoms with van der Waals surface area (Å²) in [6.45, 7) is 4.15. The van der Waals surface area contributed by atoms with Crippen LogP contribution in [0.25, 0.3) is 0 Å². The third kappa shape index (κ3) is 3.58. The lowest BCUT2D eigenvalue weighted by molar-refractivity contribution is -0.120. The highest BCUT2D eigenvalue weighted by Gasteiger charge is 2.16. The van der Waals surface area contributed by atoms with Gasteiger partial charge in [0.05, 0.1) is 18.1 Å². The number of aryl methyl sites for hydroxylation is 1. The Bertz CT molecular complexity index is 510. The van der Waals surface area contributed by atoms with E-state index in [2.05, 4.69) is 15.5 Å². The van der Waals surface area contributed by atoms with Gasteiger partial charge in [-0.1, -0.05) is 23.1 Å². The normalized spacial score (nSPS) is 12.3. The van der Waals surface area contributed by atoms with Crippen LogP contribution < -0.4 is 5.32 Å². The van der Waals surface area contributed by atoms with E-state index in [1.165, 1.54) is 23.1 Å². The Morgan fingerprint density at radius 2 is 2.44 bits per heavy atom. The lowest BCUT2D eigenvalue weighted by Gasteiger charge is -2.08. The van der Waals surface area contributed by atoms with Gasteiger partial charge in [-0.15, -0.1) is 10.2 Å². The molecule has 0 aromatic carbocycles. The Morgan fingerprint density at radius 3 is 3.06 bits per heavy atom. The molecule has 96 valence electrons. The van der Waals surface area contributed by atoms with Gasteiger partial charge in [-0.2, -0.15) is 0 Å². The number of carbonyl (C=O) groups is 1. The fourth-order valence-corrected chi connectivity index (χ4v) is 3.25. The molecule has 0 saturated carbocycles. The number of furan rings is 1. The van der Waals surface area contributed by atoms with Crippen molar-refractivity contribution in [3.05, 3.63) is 29.2 Å². The minimum absolute atomic E-state index is 0.0377. The standard InChI is InChI=1S/C11H13N3O2S2/c1-7(17-11-14-13-8(2)18-11)10(15)12-6-9-4-3-5-16-9/h3-5,7H,6H2,1-2H3,(H,12,15)/t7-/m1/s1. The van der Waals surface area contributed by atoms with E-state index in [0.717, 1.165) is 15.1 Å². The number of nitrogens with zero attached hydrogens (tertiary/aromatic N) is 2. The molecule has 2 rings (SSSR count). The number of carbonyl (C=O) groups excluding carboxylic acids is 1. The van der Waals surface area contributed by atoms with Gasteiger partial charge in [0.1, 0.15) is 10.8 Å². The molecule has 7 heteroatoms.